The summed E-state index contributed by atoms with van der Waals surface area (Å²) in [5, 5.41) is 11.6. The van der Waals surface area contributed by atoms with Gasteiger partial charge in [-0.2, -0.15) is 0 Å². The van der Waals surface area contributed by atoms with Crippen molar-refractivity contribution in [1.82, 2.24) is 0 Å². The van der Waals surface area contributed by atoms with Gasteiger partial charge in [0.2, 0.25) is 0 Å². The Balaban J connectivity index is 2.42. The highest BCUT2D eigenvalue weighted by atomic mass is 79.9. The van der Waals surface area contributed by atoms with Gasteiger partial charge in [-0.15, -0.1) is 0 Å². The lowest BCUT2D eigenvalue weighted by molar-refractivity contribution is 0.0697. The van der Waals surface area contributed by atoms with Crippen molar-refractivity contribution in [3.05, 3.63) is 58.1 Å². The lowest BCUT2D eigenvalue weighted by Crippen LogP contribution is -2.05. The molecule has 0 radical (unpaired) electrons. The molecule has 0 spiro atoms. The summed E-state index contributed by atoms with van der Waals surface area (Å²) in [5.41, 5.74) is -0.159. The summed E-state index contributed by atoms with van der Waals surface area (Å²) in [6.07, 6.45) is 0. The summed E-state index contributed by atoms with van der Waals surface area (Å²) in [7, 11) is 0. The van der Waals surface area contributed by atoms with E-state index in [9.17, 15) is 13.6 Å². The first-order chi connectivity index (χ1) is 8.99. The third-order valence-electron chi connectivity index (χ3n) is 2.43. The van der Waals surface area contributed by atoms with Gasteiger partial charge in [-0.25, -0.2) is 13.6 Å². The van der Waals surface area contributed by atoms with Crippen molar-refractivity contribution >= 4 is 33.3 Å². The largest absolute Gasteiger partial charge is 0.478 e. The molecule has 2 aromatic rings. The number of hydrogen-bond acceptors (Lipinski definition) is 2. The molecule has 0 atom stereocenters. The quantitative estimate of drug-likeness (QED) is 0.889. The zero-order valence-corrected chi connectivity index (χ0v) is 11.0. The van der Waals surface area contributed by atoms with Crippen LogP contribution >= 0.6 is 15.9 Å². The predicted molar refractivity (Wildman–Crippen MR) is 70.7 cm³/mol. The monoisotopic (exact) mass is 327 g/mol. The molecule has 3 nitrogen and oxygen atoms in total. The van der Waals surface area contributed by atoms with Crippen LogP contribution in [0.15, 0.2) is 40.9 Å². The number of para-hydroxylation sites is 1. The molecule has 19 heavy (non-hydrogen) atoms. The summed E-state index contributed by atoms with van der Waals surface area (Å²) >= 11 is 3.00. The molecule has 0 aliphatic carbocycles. The zero-order valence-electron chi connectivity index (χ0n) is 9.45. The minimum Gasteiger partial charge on any atom is -0.478 e. The number of rotatable bonds is 3. The molecule has 0 saturated heterocycles. The van der Waals surface area contributed by atoms with Crippen molar-refractivity contribution < 1.29 is 18.7 Å². The molecule has 0 amide bonds. The van der Waals surface area contributed by atoms with E-state index < -0.39 is 17.6 Å². The summed E-state index contributed by atoms with van der Waals surface area (Å²) in [5.74, 6) is -2.51. The standard InChI is InChI=1S/C13H8BrF2NO2/c14-9-5-4-7(6-11(9)16)17-12-8(13(18)19)2-1-3-10(12)15/h1-6,17H,(H,18,19). The first-order valence-corrected chi connectivity index (χ1v) is 6.02. The third kappa shape index (κ3) is 2.90. The van der Waals surface area contributed by atoms with Crippen molar-refractivity contribution in [2.24, 2.45) is 0 Å². The Morgan fingerprint density at radius 2 is 1.89 bits per heavy atom. The molecular formula is C13H8BrF2NO2. The lowest BCUT2D eigenvalue weighted by atomic mass is 10.1. The van der Waals surface area contributed by atoms with Gasteiger partial charge in [-0.05, 0) is 46.3 Å². The van der Waals surface area contributed by atoms with Crippen LogP contribution < -0.4 is 5.32 Å². The van der Waals surface area contributed by atoms with E-state index in [1.165, 1.54) is 24.3 Å². The molecular weight excluding hydrogens is 320 g/mol. The first-order valence-electron chi connectivity index (χ1n) is 5.23. The van der Waals surface area contributed by atoms with E-state index in [1.54, 1.807) is 0 Å². The Bertz CT molecular complexity index is 647. The Morgan fingerprint density at radius 3 is 2.53 bits per heavy atom. The van der Waals surface area contributed by atoms with Gasteiger partial charge in [-0.1, -0.05) is 6.07 Å². The second-order valence-corrected chi connectivity index (χ2v) is 4.58. The van der Waals surface area contributed by atoms with Crippen LogP contribution in [0.25, 0.3) is 0 Å². The van der Waals surface area contributed by atoms with Crippen molar-refractivity contribution in [3.63, 3.8) is 0 Å². The number of carboxylic acids is 1. The van der Waals surface area contributed by atoms with Gasteiger partial charge < -0.3 is 10.4 Å². The van der Waals surface area contributed by atoms with Crippen molar-refractivity contribution in [2.45, 2.75) is 0 Å². The minimum absolute atomic E-state index is 0.197. The summed E-state index contributed by atoms with van der Waals surface area (Å²) in [6, 6.07) is 7.78. The molecule has 0 unspecified atom stereocenters. The highest BCUT2D eigenvalue weighted by Crippen LogP contribution is 2.26. The summed E-state index contributed by atoms with van der Waals surface area (Å²) in [6.45, 7) is 0. The summed E-state index contributed by atoms with van der Waals surface area (Å²) in [4.78, 5) is 11.0. The van der Waals surface area contributed by atoms with Crippen LogP contribution in [0.3, 0.4) is 0 Å². The molecule has 0 bridgehead atoms. The fourth-order valence-corrected chi connectivity index (χ4v) is 1.79. The molecule has 0 fully saturated rings. The Morgan fingerprint density at radius 1 is 1.16 bits per heavy atom. The van der Waals surface area contributed by atoms with E-state index in [1.807, 2.05) is 0 Å². The number of benzene rings is 2. The topological polar surface area (TPSA) is 49.3 Å². The Labute approximate surface area is 116 Å². The predicted octanol–water partition coefficient (Wildman–Crippen LogP) is 4.17. The number of halogens is 3. The van der Waals surface area contributed by atoms with E-state index in [0.29, 0.717) is 0 Å². The highest BCUT2D eigenvalue weighted by molar-refractivity contribution is 9.10. The third-order valence-corrected chi connectivity index (χ3v) is 3.08. The van der Waals surface area contributed by atoms with Crippen LogP contribution in [0.5, 0.6) is 0 Å². The average molecular weight is 328 g/mol. The number of nitrogens with one attached hydrogen (secondary N) is 1. The normalized spacial score (nSPS) is 10.3. The molecule has 0 aliphatic heterocycles. The van der Waals surface area contributed by atoms with E-state index in [4.69, 9.17) is 5.11 Å². The molecule has 2 aromatic carbocycles. The van der Waals surface area contributed by atoms with Crippen LogP contribution in [-0.2, 0) is 0 Å². The molecule has 0 aromatic heterocycles. The van der Waals surface area contributed by atoms with Crippen LogP contribution in [0, 0.1) is 11.6 Å². The number of aromatic carboxylic acids is 1. The van der Waals surface area contributed by atoms with Crippen LogP contribution in [0.4, 0.5) is 20.2 Å². The van der Waals surface area contributed by atoms with Crippen LogP contribution in [-0.4, -0.2) is 11.1 Å². The second kappa shape index (κ2) is 5.36. The summed E-state index contributed by atoms with van der Waals surface area (Å²) < 4.78 is 27.3. The second-order valence-electron chi connectivity index (χ2n) is 3.72. The van der Waals surface area contributed by atoms with Crippen molar-refractivity contribution in [2.75, 3.05) is 5.32 Å². The van der Waals surface area contributed by atoms with Crippen molar-refractivity contribution in [3.8, 4) is 0 Å². The van der Waals surface area contributed by atoms with E-state index >= 15 is 0 Å². The maximum absolute atomic E-state index is 13.6. The van der Waals surface area contributed by atoms with Gasteiger partial charge in [0.1, 0.15) is 11.6 Å². The molecule has 0 aliphatic rings. The maximum Gasteiger partial charge on any atom is 0.337 e. The number of carboxylic acid groups (broad SMARTS) is 1. The van der Waals surface area contributed by atoms with E-state index in [0.717, 1.165) is 12.1 Å². The van der Waals surface area contributed by atoms with Crippen LogP contribution in [0.1, 0.15) is 10.4 Å². The number of anilines is 2. The molecule has 98 valence electrons. The molecule has 2 rings (SSSR count). The van der Waals surface area contributed by atoms with Gasteiger partial charge in [0, 0.05) is 5.69 Å². The smallest absolute Gasteiger partial charge is 0.337 e. The van der Waals surface area contributed by atoms with Crippen LogP contribution in [0.2, 0.25) is 0 Å². The molecule has 0 saturated carbocycles. The SMILES string of the molecule is O=C(O)c1cccc(F)c1Nc1ccc(Br)c(F)c1. The van der Waals surface area contributed by atoms with E-state index in [-0.39, 0.29) is 21.4 Å². The van der Waals surface area contributed by atoms with Gasteiger partial charge in [0.25, 0.3) is 0 Å². The van der Waals surface area contributed by atoms with Gasteiger partial charge >= 0.3 is 5.97 Å². The minimum atomic E-state index is -1.26. The van der Waals surface area contributed by atoms with Gasteiger partial charge in [0.05, 0.1) is 15.7 Å². The zero-order chi connectivity index (χ0) is 14.0. The fourth-order valence-electron chi connectivity index (χ4n) is 1.55. The van der Waals surface area contributed by atoms with Crippen molar-refractivity contribution in [1.29, 1.82) is 0 Å². The van der Waals surface area contributed by atoms with E-state index in [2.05, 4.69) is 21.2 Å². The molecule has 2 N–H and O–H groups in total. The number of carbonyl (C=O) groups is 1. The first kappa shape index (κ1) is 13.5. The lowest BCUT2D eigenvalue weighted by Gasteiger charge is -2.11. The Kier molecular flexibility index (Phi) is 3.80. The van der Waals surface area contributed by atoms with Gasteiger partial charge in [-0.3, -0.25) is 0 Å². The molecule has 6 heteroatoms. The molecule has 0 heterocycles. The maximum atomic E-state index is 13.6. The van der Waals surface area contributed by atoms with Gasteiger partial charge in [0.15, 0.2) is 0 Å². The average Bonchev–Trinajstić information content (AvgIpc) is 2.36. The fraction of sp³-hybridized carbons (Fsp3) is 0. The Hall–Kier alpha value is -1.95. The highest BCUT2D eigenvalue weighted by Gasteiger charge is 2.14. The number of hydrogen-bond donors (Lipinski definition) is 2.